The second-order valence-corrected chi connectivity index (χ2v) is 8.84. The number of rotatable bonds is 8. The molecule has 0 bridgehead atoms. The first-order valence-electron chi connectivity index (χ1n) is 9.46. The smallest absolute Gasteiger partial charge is 0.338 e. The van der Waals surface area contributed by atoms with Crippen molar-refractivity contribution in [2.24, 2.45) is 0 Å². The maximum absolute atomic E-state index is 13.1. The highest BCUT2D eigenvalue weighted by molar-refractivity contribution is 7.92. The predicted molar refractivity (Wildman–Crippen MR) is 119 cm³/mol. The molecule has 3 aromatic rings. The molecule has 3 aromatic carbocycles. The van der Waals surface area contributed by atoms with Gasteiger partial charge >= 0.3 is 5.97 Å². The first-order valence-corrected chi connectivity index (χ1v) is 11.3. The zero-order valence-corrected chi connectivity index (χ0v) is 18.3. The Kier molecular flexibility index (Phi) is 7.09. The van der Waals surface area contributed by atoms with E-state index in [9.17, 15) is 18.0 Å². The molecule has 3 rings (SSSR count). The fraction of sp³-hybridized carbons (Fsp3) is 0.130. The van der Waals surface area contributed by atoms with Gasteiger partial charge in [-0.2, -0.15) is 0 Å². The van der Waals surface area contributed by atoms with Gasteiger partial charge in [-0.15, -0.1) is 0 Å². The van der Waals surface area contributed by atoms with Crippen LogP contribution in [-0.4, -0.2) is 33.3 Å². The monoisotopic (exact) mass is 457 g/mol. The van der Waals surface area contributed by atoms with Gasteiger partial charge in [-0.3, -0.25) is 9.10 Å². The highest BCUT2D eigenvalue weighted by Crippen LogP contribution is 2.24. The number of ketones is 1. The third-order valence-electron chi connectivity index (χ3n) is 4.47. The summed E-state index contributed by atoms with van der Waals surface area (Å²) in [4.78, 5) is 24.6. The highest BCUT2D eigenvalue weighted by atomic mass is 35.5. The van der Waals surface area contributed by atoms with Crippen LogP contribution in [0.15, 0.2) is 83.8 Å². The predicted octanol–water partition coefficient (Wildman–Crippen LogP) is 4.59. The van der Waals surface area contributed by atoms with Crippen molar-refractivity contribution in [2.75, 3.05) is 17.5 Å². The van der Waals surface area contributed by atoms with Crippen molar-refractivity contribution in [1.29, 1.82) is 0 Å². The minimum atomic E-state index is -3.90. The highest BCUT2D eigenvalue weighted by Gasteiger charge is 2.24. The molecular weight excluding hydrogens is 438 g/mol. The number of benzene rings is 3. The number of carbonyl (C=O) groups excluding carboxylic acids is 2. The molecule has 0 unspecified atom stereocenters. The average molecular weight is 458 g/mol. The summed E-state index contributed by atoms with van der Waals surface area (Å²) >= 11 is 5.87. The molecule has 0 aliphatic heterocycles. The minimum Gasteiger partial charge on any atom is -0.454 e. The van der Waals surface area contributed by atoms with Crippen molar-refractivity contribution in [3.8, 4) is 0 Å². The molecule has 0 amide bonds. The van der Waals surface area contributed by atoms with Crippen LogP contribution in [0.3, 0.4) is 0 Å². The van der Waals surface area contributed by atoms with Crippen molar-refractivity contribution in [3.63, 3.8) is 0 Å². The summed E-state index contributed by atoms with van der Waals surface area (Å²) in [6.45, 7) is 1.46. The van der Waals surface area contributed by atoms with E-state index in [2.05, 4.69) is 0 Å². The molecule has 0 spiro atoms. The minimum absolute atomic E-state index is 0.0316. The molecule has 8 heteroatoms. The van der Waals surface area contributed by atoms with Crippen LogP contribution < -0.4 is 4.31 Å². The fourth-order valence-corrected chi connectivity index (χ4v) is 4.67. The Hall–Kier alpha value is -3.16. The standard InChI is InChI=1S/C23H20ClNO5S/c1-2-25(20-11-4-3-5-12-20)31(28,29)21-13-7-9-18(15-21)23(27)30-16-22(26)17-8-6-10-19(24)14-17/h3-15H,2,16H2,1H3. The number of hydrogen-bond donors (Lipinski definition) is 0. The Morgan fingerprint density at radius 3 is 2.26 bits per heavy atom. The maximum Gasteiger partial charge on any atom is 0.338 e. The molecule has 0 atom stereocenters. The van der Waals surface area contributed by atoms with E-state index in [4.69, 9.17) is 16.3 Å². The van der Waals surface area contributed by atoms with Crippen molar-refractivity contribution in [3.05, 3.63) is 95.0 Å². The van der Waals surface area contributed by atoms with Crippen LogP contribution in [0.5, 0.6) is 0 Å². The average Bonchev–Trinajstić information content (AvgIpc) is 2.78. The Balaban J connectivity index is 1.77. The molecule has 31 heavy (non-hydrogen) atoms. The summed E-state index contributed by atoms with van der Waals surface area (Å²) < 4.78 is 32.6. The zero-order chi connectivity index (χ0) is 22.4. The Bertz CT molecular complexity index is 1200. The number of carbonyl (C=O) groups is 2. The van der Waals surface area contributed by atoms with Gasteiger partial charge in [-0.05, 0) is 49.4 Å². The number of hydrogen-bond acceptors (Lipinski definition) is 5. The molecule has 0 radical (unpaired) electrons. The van der Waals surface area contributed by atoms with E-state index < -0.39 is 28.4 Å². The van der Waals surface area contributed by atoms with Crippen molar-refractivity contribution in [1.82, 2.24) is 0 Å². The summed E-state index contributed by atoms with van der Waals surface area (Å²) in [5.41, 5.74) is 0.868. The molecule has 0 fully saturated rings. The van der Waals surface area contributed by atoms with E-state index in [-0.39, 0.29) is 17.0 Å². The van der Waals surface area contributed by atoms with E-state index >= 15 is 0 Å². The normalized spacial score (nSPS) is 11.0. The summed E-state index contributed by atoms with van der Waals surface area (Å²) in [7, 11) is -3.90. The summed E-state index contributed by atoms with van der Waals surface area (Å²) in [5.74, 6) is -1.21. The number of nitrogens with zero attached hydrogens (tertiary/aromatic N) is 1. The van der Waals surface area contributed by atoms with Crippen LogP contribution in [0.25, 0.3) is 0 Å². The van der Waals surface area contributed by atoms with E-state index in [0.717, 1.165) is 0 Å². The van der Waals surface area contributed by atoms with Crippen molar-refractivity contribution < 1.29 is 22.7 Å². The van der Waals surface area contributed by atoms with Gasteiger partial charge < -0.3 is 4.74 Å². The summed E-state index contributed by atoms with van der Waals surface area (Å²) in [5, 5.41) is 0.397. The molecule has 160 valence electrons. The van der Waals surface area contributed by atoms with Crippen LogP contribution in [0, 0.1) is 0 Å². The lowest BCUT2D eigenvalue weighted by Crippen LogP contribution is -2.30. The SMILES string of the molecule is CCN(c1ccccc1)S(=O)(=O)c1cccc(C(=O)OCC(=O)c2cccc(Cl)c2)c1. The largest absolute Gasteiger partial charge is 0.454 e. The number of sulfonamides is 1. The molecule has 6 nitrogen and oxygen atoms in total. The van der Waals surface area contributed by atoms with Gasteiger partial charge in [0.15, 0.2) is 12.4 Å². The molecule has 0 aliphatic carbocycles. The van der Waals surface area contributed by atoms with E-state index in [1.807, 2.05) is 0 Å². The van der Waals surface area contributed by atoms with Gasteiger partial charge in [0, 0.05) is 17.1 Å². The van der Waals surface area contributed by atoms with Gasteiger partial charge in [0.05, 0.1) is 16.1 Å². The van der Waals surface area contributed by atoms with Gasteiger partial charge in [0.25, 0.3) is 10.0 Å². The first-order chi connectivity index (χ1) is 14.8. The number of Topliss-reactive ketones (excluding diaryl/α,β-unsaturated/α-hetero) is 1. The third-order valence-corrected chi connectivity index (χ3v) is 6.60. The molecule has 0 N–H and O–H groups in total. The lowest BCUT2D eigenvalue weighted by Gasteiger charge is -2.23. The lowest BCUT2D eigenvalue weighted by atomic mass is 10.1. The van der Waals surface area contributed by atoms with Crippen molar-refractivity contribution in [2.45, 2.75) is 11.8 Å². The van der Waals surface area contributed by atoms with Crippen LogP contribution in [-0.2, 0) is 14.8 Å². The number of para-hydroxylation sites is 1. The van der Waals surface area contributed by atoms with Gasteiger partial charge in [0.1, 0.15) is 0 Å². The van der Waals surface area contributed by atoms with Crippen LogP contribution in [0.4, 0.5) is 5.69 Å². The Morgan fingerprint density at radius 1 is 0.903 bits per heavy atom. The Morgan fingerprint density at radius 2 is 1.58 bits per heavy atom. The van der Waals surface area contributed by atoms with Crippen molar-refractivity contribution >= 4 is 39.1 Å². The molecule has 0 aromatic heterocycles. The van der Waals surface area contributed by atoms with E-state index in [1.54, 1.807) is 55.5 Å². The third kappa shape index (κ3) is 5.31. The summed E-state index contributed by atoms with van der Waals surface area (Å²) in [6, 6.07) is 20.5. The number of esters is 1. The fourth-order valence-electron chi connectivity index (χ4n) is 2.96. The summed E-state index contributed by atoms with van der Waals surface area (Å²) in [6.07, 6.45) is 0. The Labute approximate surface area is 186 Å². The quantitative estimate of drug-likeness (QED) is 0.365. The van der Waals surface area contributed by atoms with Crippen LogP contribution in [0.2, 0.25) is 5.02 Å². The number of ether oxygens (including phenoxy) is 1. The van der Waals surface area contributed by atoms with Gasteiger partial charge in [-0.1, -0.05) is 48.0 Å². The van der Waals surface area contributed by atoms with Gasteiger partial charge in [0.2, 0.25) is 0 Å². The molecule has 0 saturated heterocycles. The lowest BCUT2D eigenvalue weighted by molar-refractivity contribution is 0.0474. The van der Waals surface area contributed by atoms with Gasteiger partial charge in [-0.25, -0.2) is 13.2 Å². The second-order valence-electron chi connectivity index (χ2n) is 6.54. The maximum atomic E-state index is 13.1. The van der Waals surface area contributed by atoms with E-state index in [1.165, 1.54) is 34.6 Å². The van der Waals surface area contributed by atoms with Crippen LogP contribution >= 0.6 is 11.6 Å². The molecular formula is C23H20ClNO5S. The van der Waals surface area contributed by atoms with Crippen LogP contribution in [0.1, 0.15) is 27.6 Å². The zero-order valence-electron chi connectivity index (χ0n) is 16.7. The molecule has 0 saturated carbocycles. The van der Waals surface area contributed by atoms with E-state index in [0.29, 0.717) is 16.3 Å². The molecule has 0 aliphatic rings. The second kappa shape index (κ2) is 9.76. The molecule has 0 heterocycles. The number of halogens is 1. The first kappa shape index (κ1) is 22.5. The topological polar surface area (TPSA) is 80.8 Å². The number of anilines is 1.